The van der Waals surface area contributed by atoms with Crippen molar-refractivity contribution in [2.45, 2.75) is 13.0 Å². The molecule has 0 aromatic carbocycles. The Hall–Kier alpha value is -1.73. The van der Waals surface area contributed by atoms with Crippen LogP contribution in [0.5, 0.6) is 0 Å². The molecule has 1 unspecified atom stereocenters. The van der Waals surface area contributed by atoms with Crippen LogP contribution in [0.15, 0.2) is 16.9 Å². The molecule has 2 aromatic heterocycles. The molecule has 1 aliphatic heterocycles. The number of H-pyrrole nitrogens is 1. The van der Waals surface area contributed by atoms with Crippen molar-refractivity contribution in [3.8, 4) is 11.6 Å². The third kappa shape index (κ3) is 2.14. The molecule has 1 fully saturated rings. The van der Waals surface area contributed by atoms with Gasteiger partial charge in [0.2, 0.25) is 11.7 Å². The van der Waals surface area contributed by atoms with Crippen molar-refractivity contribution in [3.05, 3.63) is 18.3 Å². The first kappa shape index (κ1) is 11.4. The maximum atomic E-state index is 5.32. The summed E-state index contributed by atoms with van der Waals surface area (Å²) < 4.78 is 5.32. The molecule has 1 atom stereocenters. The van der Waals surface area contributed by atoms with Gasteiger partial charge in [0.15, 0.2) is 5.82 Å². The second-order valence-electron chi connectivity index (χ2n) is 4.36. The molecule has 3 rings (SSSR count). The Morgan fingerprint density at radius 3 is 2.94 bits per heavy atom. The minimum atomic E-state index is 0.142. The van der Waals surface area contributed by atoms with E-state index in [9.17, 15) is 0 Å². The summed E-state index contributed by atoms with van der Waals surface area (Å²) in [7, 11) is 0. The lowest BCUT2D eigenvalue weighted by Crippen LogP contribution is -2.44. The monoisotopic (exact) mass is 248 g/mol. The van der Waals surface area contributed by atoms with Crippen molar-refractivity contribution in [2.75, 3.05) is 26.2 Å². The van der Waals surface area contributed by atoms with Gasteiger partial charge in [-0.15, -0.1) is 0 Å². The van der Waals surface area contributed by atoms with Gasteiger partial charge in [0, 0.05) is 38.6 Å². The first-order chi connectivity index (χ1) is 8.84. The van der Waals surface area contributed by atoms with Crippen LogP contribution in [0.1, 0.15) is 18.9 Å². The van der Waals surface area contributed by atoms with Gasteiger partial charge in [0.05, 0.1) is 6.04 Å². The fourth-order valence-corrected chi connectivity index (χ4v) is 2.11. The van der Waals surface area contributed by atoms with Crippen LogP contribution >= 0.6 is 0 Å². The van der Waals surface area contributed by atoms with Gasteiger partial charge in [-0.2, -0.15) is 4.98 Å². The minimum absolute atomic E-state index is 0.142. The second-order valence-corrected chi connectivity index (χ2v) is 4.36. The van der Waals surface area contributed by atoms with Crippen molar-refractivity contribution >= 4 is 0 Å². The first-order valence-corrected chi connectivity index (χ1v) is 6.13. The molecule has 0 bridgehead atoms. The molecule has 96 valence electrons. The summed E-state index contributed by atoms with van der Waals surface area (Å²) >= 11 is 0. The smallest absolute Gasteiger partial charge is 0.244 e. The highest BCUT2D eigenvalue weighted by Gasteiger charge is 2.23. The van der Waals surface area contributed by atoms with Gasteiger partial charge in [-0.1, -0.05) is 5.16 Å². The SMILES string of the molecule is CC(c1nc(-c2ncc[nH]2)no1)N1CCNCC1. The average Bonchev–Trinajstić information content (AvgIpc) is 3.09. The first-order valence-electron chi connectivity index (χ1n) is 6.13. The Bertz CT molecular complexity index is 487. The Kier molecular flexibility index (Phi) is 3.07. The Labute approximate surface area is 105 Å². The largest absolute Gasteiger partial charge is 0.342 e. The third-order valence-electron chi connectivity index (χ3n) is 3.21. The van der Waals surface area contributed by atoms with E-state index in [0.29, 0.717) is 17.5 Å². The van der Waals surface area contributed by atoms with Crippen molar-refractivity contribution < 1.29 is 4.52 Å². The van der Waals surface area contributed by atoms with Crippen LogP contribution in [0.4, 0.5) is 0 Å². The molecule has 1 aliphatic rings. The fraction of sp³-hybridized carbons (Fsp3) is 0.545. The molecule has 7 nitrogen and oxygen atoms in total. The zero-order valence-electron chi connectivity index (χ0n) is 10.3. The predicted molar refractivity (Wildman–Crippen MR) is 64.7 cm³/mol. The second kappa shape index (κ2) is 4.87. The number of aromatic amines is 1. The van der Waals surface area contributed by atoms with Crippen LogP contribution in [-0.2, 0) is 0 Å². The van der Waals surface area contributed by atoms with Gasteiger partial charge in [0.1, 0.15) is 0 Å². The Balaban J connectivity index is 1.76. The number of imidazole rings is 1. The average molecular weight is 248 g/mol. The fourth-order valence-electron chi connectivity index (χ4n) is 2.11. The van der Waals surface area contributed by atoms with Crippen molar-refractivity contribution in [1.29, 1.82) is 0 Å². The molecule has 0 amide bonds. The van der Waals surface area contributed by atoms with Gasteiger partial charge < -0.3 is 14.8 Å². The molecule has 0 spiro atoms. The van der Waals surface area contributed by atoms with Gasteiger partial charge in [-0.05, 0) is 6.92 Å². The van der Waals surface area contributed by atoms with E-state index in [1.54, 1.807) is 12.4 Å². The number of hydrogen-bond donors (Lipinski definition) is 2. The summed E-state index contributed by atoms with van der Waals surface area (Å²) in [5.41, 5.74) is 0. The lowest BCUT2D eigenvalue weighted by atomic mass is 10.2. The van der Waals surface area contributed by atoms with Gasteiger partial charge in [-0.25, -0.2) is 4.98 Å². The van der Waals surface area contributed by atoms with Crippen LogP contribution in [0.3, 0.4) is 0 Å². The van der Waals surface area contributed by atoms with E-state index in [-0.39, 0.29) is 6.04 Å². The molecule has 2 aromatic rings. The van der Waals surface area contributed by atoms with E-state index >= 15 is 0 Å². The lowest BCUT2D eigenvalue weighted by molar-refractivity contribution is 0.154. The van der Waals surface area contributed by atoms with E-state index in [1.165, 1.54) is 0 Å². The quantitative estimate of drug-likeness (QED) is 0.819. The Morgan fingerprint density at radius 1 is 1.39 bits per heavy atom. The predicted octanol–water partition coefficient (Wildman–Crippen LogP) is 0.426. The summed E-state index contributed by atoms with van der Waals surface area (Å²) in [6, 6.07) is 0.142. The van der Waals surface area contributed by atoms with Crippen molar-refractivity contribution in [1.82, 2.24) is 30.3 Å². The summed E-state index contributed by atoms with van der Waals surface area (Å²) in [5, 5.41) is 7.28. The molecular formula is C11H16N6O. The van der Waals surface area contributed by atoms with Gasteiger partial charge in [-0.3, -0.25) is 4.90 Å². The summed E-state index contributed by atoms with van der Waals surface area (Å²) in [6.07, 6.45) is 3.41. The maximum absolute atomic E-state index is 5.32. The summed E-state index contributed by atoms with van der Waals surface area (Å²) in [5.74, 6) is 1.79. The molecule has 18 heavy (non-hydrogen) atoms. The molecule has 0 radical (unpaired) electrons. The lowest BCUT2D eigenvalue weighted by Gasteiger charge is -2.30. The van der Waals surface area contributed by atoms with Crippen molar-refractivity contribution in [3.63, 3.8) is 0 Å². The van der Waals surface area contributed by atoms with Crippen molar-refractivity contribution in [2.24, 2.45) is 0 Å². The normalized spacial score (nSPS) is 18.9. The van der Waals surface area contributed by atoms with Crippen LogP contribution in [0.2, 0.25) is 0 Å². The zero-order valence-corrected chi connectivity index (χ0v) is 10.3. The van der Waals surface area contributed by atoms with Crippen LogP contribution in [-0.4, -0.2) is 51.2 Å². The van der Waals surface area contributed by atoms with E-state index < -0.39 is 0 Å². The summed E-state index contributed by atoms with van der Waals surface area (Å²) in [4.78, 5) is 13.8. The van der Waals surface area contributed by atoms with Gasteiger partial charge in [0.25, 0.3) is 0 Å². The summed E-state index contributed by atoms with van der Waals surface area (Å²) in [6.45, 7) is 6.09. The maximum Gasteiger partial charge on any atom is 0.244 e. The molecule has 7 heteroatoms. The molecular weight excluding hydrogens is 232 g/mol. The van der Waals surface area contributed by atoms with Crippen LogP contribution in [0, 0.1) is 0 Å². The number of rotatable bonds is 3. The van der Waals surface area contributed by atoms with E-state index in [4.69, 9.17) is 4.52 Å². The zero-order chi connectivity index (χ0) is 12.4. The molecule has 0 aliphatic carbocycles. The highest BCUT2D eigenvalue weighted by atomic mass is 16.5. The van der Waals surface area contributed by atoms with E-state index in [0.717, 1.165) is 26.2 Å². The standard InChI is InChI=1S/C11H16N6O/c1-8(17-6-4-12-5-7-17)11-15-10(16-18-11)9-13-2-3-14-9/h2-3,8,12H,4-7H2,1H3,(H,13,14). The molecule has 3 heterocycles. The number of piperazine rings is 1. The molecule has 0 saturated carbocycles. The minimum Gasteiger partial charge on any atom is -0.342 e. The number of nitrogens with one attached hydrogen (secondary N) is 2. The number of aromatic nitrogens is 4. The Morgan fingerprint density at radius 2 is 2.22 bits per heavy atom. The van der Waals surface area contributed by atoms with Crippen LogP contribution < -0.4 is 5.32 Å². The highest BCUT2D eigenvalue weighted by molar-refractivity contribution is 5.40. The molecule has 1 saturated heterocycles. The number of hydrogen-bond acceptors (Lipinski definition) is 6. The van der Waals surface area contributed by atoms with Gasteiger partial charge >= 0.3 is 0 Å². The molecule has 2 N–H and O–H groups in total. The van der Waals surface area contributed by atoms with E-state index in [1.807, 2.05) is 0 Å². The topological polar surface area (TPSA) is 82.9 Å². The number of nitrogens with zero attached hydrogens (tertiary/aromatic N) is 4. The third-order valence-corrected chi connectivity index (χ3v) is 3.21. The highest BCUT2D eigenvalue weighted by Crippen LogP contribution is 2.20. The van der Waals surface area contributed by atoms with E-state index in [2.05, 4.69) is 37.2 Å². The van der Waals surface area contributed by atoms with Crippen LogP contribution in [0.25, 0.3) is 11.6 Å².